The van der Waals surface area contributed by atoms with Crippen LogP contribution in [0, 0.1) is 17.0 Å². The maximum absolute atomic E-state index is 14.0. The number of nitrogens with one attached hydrogen (secondary N) is 1. The lowest BCUT2D eigenvalue weighted by atomic mass is 10.1. The SMILES string of the molecule is CC[C@@H](C)NC(=O)[C@H](C)N(Cc1ccc(Cl)cc1)C(=O)CN(c1ccc(OC)cc1)S(=O)(=O)c1ccc(C)c([N+](=O)[O-])c1. The molecular weight excluding hydrogens is 596 g/mol. The van der Waals surface area contributed by atoms with Gasteiger partial charge in [-0.05, 0) is 75.2 Å². The van der Waals surface area contributed by atoms with Gasteiger partial charge in [-0.3, -0.25) is 24.0 Å². The van der Waals surface area contributed by atoms with Crippen LogP contribution in [0.3, 0.4) is 0 Å². The van der Waals surface area contributed by atoms with E-state index in [1.807, 2.05) is 13.8 Å². The number of rotatable bonds is 13. The summed E-state index contributed by atoms with van der Waals surface area (Å²) >= 11 is 6.03. The highest BCUT2D eigenvalue weighted by molar-refractivity contribution is 7.92. The minimum Gasteiger partial charge on any atom is -0.497 e. The molecule has 1 N–H and O–H groups in total. The predicted molar refractivity (Wildman–Crippen MR) is 165 cm³/mol. The van der Waals surface area contributed by atoms with Crippen molar-refractivity contribution in [3.05, 3.63) is 93.0 Å². The minimum absolute atomic E-state index is 0.00238. The van der Waals surface area contributed by atoms with E-state index < -0.39 is 39.3 Å². The molecule has 0 aliphatic carbocycles. The van der Waals surface area contributed by atoms with Crippen LogP contribution >= 0.6 is 11.6 Å². The normalized spacial score (nSPS) is 12.6. The lowest BCUT2D eigenvalue weighted by Gasteiger charge is -2.32. The highest BCUT2D eigenvalue weighted by Gasteiger charge is 2.33. The number of carbonyl (C=O) groups is 2. The molecule has 0 saturated heterocycles. The first-order chi connectivity index (χ1) is 20.3. The summed E-state index contributed by atoms with van der Waals surface area (Å²) in [5.74, 6) is -0.606. The van der Waals surface area contributed by atoms with E-state index in [4.69, 9.17) is 16.3 Å². The third kappa shape index (κ3) is 8.23. The number of hydrogen-bond donors (Lipinski definition) is 1. The molecule has 13 heteroatoms. The van der Waals surface area contributed by atoms with Crippen molar-refractivity contribution in [3.8, 4) is 5.75 Å². The average Bonchev–Trinajstić information content (AvgIpc) is 2.98. The van der Waals surface area contributed by atoms with Crippen molar-refractivity contribution in [2.75, 3.05) is 18.0 Å². The molecule has 0 radical (unpaired) electrons. The first-order valence-corrected chi connectivity index (χ1v) is 15.4. The number of amides is 2. The number of nitrogens with zero attached hydrogens (tertiary/aromatic N) is 3. The molecule has 0 heterocycles. The van der Waals surface area contributed by atoms with Crippen LogP contribution in [0.1, 0.15) is 38.3 Å². The Hall–Kier alpha value is -4.16. The second-order valence-electron chi connectivity index (χ2n) is 10.1. The summed E-state index contributed by atoms with van der Waals surface area (Å²) < 4.78 is 34.1. The van der Waals surface area contributed by atoms with E-state index in [0.717, 1.165) is 10.4 Å². The largest absolute Gasteiger partial charge is 0.497 e. The van der Waals surface area contributed by atoms with Gasteiger partial charge in [0, 0.05) is 29.2 Å². The molecular formula is C30H35ClN4O7S. The number of hydrogen-bond acceptors (Lipinski definition) is 7. The summed E-state index contributed by atoms with van der Waals surface area (Å²) in [7, 11) is -3.04. The van der Waals surface area contributed by atoms with Crippen molar-refractivity contribution < 1.29 is 27.7 Å². The van der Waals surface area contributed by atoms with E-state index in [9.17, 15) is 28.1 Å². The smallest absolute Gasteiger partial charge is 0.273 e. The summed E-state index contributed by atoms with van der Waals surface area (Å²) in [6.45, 7) is 6.14. The lowest BCUT2D eigenvalue weighted by molar-refractivity contribution is -0.385. The van der Waals surface area contributed by atoms with Gasteiger partial charge in [0.05, 0.1) is 22.6 Å². The topological polar surface area (TPSA) is 139 Å². The number of benzene rings is 3. The predicted octanol–water partition coefficient (Wildman–Crippen LogP) is 5.09. The van der Waals surface area contributed by atoms with Gasteiger partial charge in [-0.2, -0.15) is 0 Å². The van der Waals surface area contributed by atoms with Crippen LogP contribution in [-0.2, 0) is 26.2 Å². The third-order valence-electron chi connectivity index (χ3n) is 7.04. The van der Waals surface area contributed by atoms with Crippen molar-refractivity contribution in [1.29, 1.82) is 0 Å². The molecule has 0 fully saturated rings. The summed E-state index contributed by atoms with van der Waals surface area (Å²) in [5, 5.41) is 15.0. The Balaban J connectivity index is 2.08. The van der Waals surface area contributed by atoms with Crippen LogP contribution in [0.4, 0.5) is 11.4 Å². The third-order valence-corrected chi connectivity index (χ3v) is 9.06. The van der Waals surface area contributed by atoms with Gasteiger partial charge in [0.1, 0.15) is 18.3 Å². The van der Waals surface area contributed by atoms with E-state index in [-0.39, 0.29) is 34.4 Å². The van der Waals surface area contributed by atoms with Gasteiger partial charge >= 0.3 is 0 Å². The number of sulfonamides is 1. The molecule has 0 saturated carbocycles. The van der Waals surface area contributed by atoms with Crippen molar-refractivity contribution >= 4 is 44.8 Å². The van der Waals surface area contributed by atoms with Crippen LogP contribution in [0.2, 0.25) is 5.02 Å². The van der Waals surface area contributed by atoms with Crippen molar-refractivity contribution in [3.63, 3.8) is 0 Å². The Kier molecular flexibility index (Phi) is 11.1. The molecule has 11 nitrogen and oxygen atoms in total. The van der Waals surface area contributed by atoms with Gasteiger partial charge < -0.3 is 15.0 Å². The quantitative estimate of drug-likeness (QED) is 0.205. The highest BCUT2D eigenvalue weighted by atomic mass is 35.5. The van der Waals surface area contributed by atoms with Crippen LogP contribution in [0.5, 0.6) is 5.75 Å². The number of ether oxygens (including phenoxy) is 1. The Morgan fingerprint density at radius 1 is 1.05 bits per heavy atom. The molecule has 0 unspecified atom stereocenters. The monoisotopic (exact) mass is 630 g/mol. The van der Waals surface area contributed by atoms with E-state index in [1.54, 1.807) is 31.2 Å². The van der Waals surface area contributed by atoms with Gasteiger partial charge in [-0.25, -0.2) is 8.42 Å². The molecule has 0 aliphatic heterocycles. The van der Waals surface area contributed by atoms with Crippen LogP contribution < -0.4 is 14.4 Å². The summed E-state index contributed by atoms with van der Waals surface area (Å²) in [5.41, 5.74) is 0.711. The Labute approximate surface area is 256 Å². The van der Waals surface area contributed by atoms with Gasteiger partial charge in [0.15, 0.2) is 0 Å². The van der Waals surface area contributed by atoms with Crippen molar-refractivity contribution in [1.82, 2.24) is 10.2 Å². The number of nitro groups is 1. The number of methoxy groups -OCH3 is 1. The van der Waals surface area contributed by atoms with E-state index in [0.29, 0.717) is 22.8 Å². The number of anilines is 1. The molecule has 230 valence electrons. The second-order valence-corrected chi connectivity index (χ2v) is 12.4. The van der Waals surface area contributed by atoms with Gasteiger partial charge in [0.2, 0.25) is 11.8 Å². The van der Waals surface area contributed by atoms with E-state index >= 15 is 0 Å². The zero-order valence-corrected chi connectivity index (χ0v) is 26.2. The standard InChI is InChI=1S/C30H35ClN4O7S/c1-6-21(3)32-30(37)22(4)33(18-23-8-10-24(31)11-9-23)29(36)19-34(25-12-14-26(42-5)15-13-25)43(40,41)27-16-7-20(2)28(17-27)35(38)39/h7-17,21-22H,6,18-19H2,1-5H3,(H,32,37)/t21-,22+/m1/s1. The first-order valence-electron chi connectivity index (χ1n) is 13.5. The minimum atomic E-state index is -4.50. The molecule has 3 aromatic rings. The van der Waals surface area contributed by atoms with Gasteiger partial charge in [0.25, 0.3) is 15.7 Å². The molecule has 3 aromatic carbocycles. The lowest BCUT2D eigenvalue weighted by Crippen LogP contribution is -2.52. The van der Waals surface area contributed by atoms with Crippen LogP contribution in [-0.4, -0.2) is 55.8 Å². The zero-order chi connectivity index (χ0) is 31.9. The van der Waals surface area contributed by atoms with E-state index in [1.165, 1.54) is 55.3 Å². The Morgan fingerprint density at radius 2 is 1.67 bits per heavy atom. The summed E-state index contributed by atoms with van der Waals surface area (Å²) in [6, 6.07) is 15.2. The van der Waals surface area contributed by atoms with Crippen LogP contribution in [0.15, 0.2) is 71.6 Å². The van der Waals surface area contributed by atoms with Crippen molar-refractivity contribution in [2.24, 2.45) is 0 Å². The Morgan fingerprint density at radius 3 is 2.23 bits per heavy atom. The van der Waals surface area contributed by atoms with Crippen LogP contribution in [0.25, 0.3) is 0 Å². The molecule has 43 heavy (non-hydrogen) atoms. The molecule has 0 aliphatic rings. The van der Waals surface area contributed by atoms with E-state index in [2.05, 4.69) is 5.32 Å². The summed E-state index contributed by atoms with van der Waals surface area (Å²) in [4.78, 5) is 39.0. The highest BCUT2D eigenvalue weighted by Crippen LogP contribution is 2.29. The van der Waals surface area contributed by atoms with Crippen molar-refractivity contribution in [2.45, 2.75) is 57.6 Å². The number of halogens is 1. The van der Waals surface area contributed by atoms with Gasteiger partial charge in [-0.1, -0.05) is 36.7 Å². The maximum Gasteiger partial charge on any atom is 0.273 e. The number of nitro benzene ring substituents is 1. The fourth-order valence-corrected chi connectivity index (χ4v) is 5.75. The molecule has 0 bridgehead atoms. The molecule has 3 rings (SSSR count). The fraction of sp³-hybridized carbons (Fsp3) is 0.333. The molecule has 0 spiro atoms. The molecule has 2 atom stereocenters. The first kappa shape index (κ1) is 33.3. The number of aryl methyl sites for hydroxylation is 1. The fourth-order valence-electron chi connectivity index (χ4n) is 4.19. The summed E-state index contributed by atoms with van der Waals surface area (Å²) in [6.07, 6.45) is 0.676. The average molecular weight is 631 g/mol. The zero-order valence-electron chi connectivity index (χ0n) is 24.6. The van der Waals surface area contributed by atoms with Gasteiger partial charge in [-0.15, -0.1) is 0 Å². The Bertz CT molecular complexity index is 1560. The molecule has 0 aromatic heterocycles. The maximum atomic E-state index is 14.0. The number of carbonyl (C=O) groups excluding carboxylic acids is 2. The molecule has 2 amide bonds. The second kappa shape index (κ2) is 14.3.